The fraction of sp³-hybridized carbons (Fsp3) is 0.200. The number of hydrogen-bond donors (Lipinski definition) is 1. The molecule has 0 bridgehead atoms. The van der Waals surface area contributed by atoms with E-state index in [1.165, 1.54) is 18.2 Å². The number of rotatable bonds is 3. The Morgan fingerprint density at radius 2 is 2.00 bits per heavy atom. The monoisotopic (exact) mass is 323 g/mol. The smallest absolute Gasteiger partial charge is 0.184 e. The van der Waals surface area contributed by atoms with Gasteiger partial charge in [0.1, 0.15) is 11.9 Å². The van der Waals surface area contributed by atoms with Crippen LogP contribution < -0.4 is 10.5 Å². The van der Waals surface area contributed by atoms with Crippen molar-refractivity contribution >= 4 is 27.1 Å². The van der Waals surface area contributed by atoms with Gasteiger partial charge in [-0.3, -0.25) is 0 Å². The molecule has 21 heavy (non-hydrogen) atoms. The van der Waals surface area contributed by atoms with E-state index < -0.39 is 9.84 Å². The van der Waals surface area contributed by atoms with Gasteiger partial charge < -0.3 is 10.5 Å². The van der Waals surface area contributed by atoms with E-state index in [9.17, 15) is 8.42 Å². The lowest BCUT2D eigenvalue weighted by atomic mass is 10.1. The quantitative estimate of drug-likeness (QED) is 0.882. The van der Waals surface area contributed by atoms with Crippen molar-refractivity contribution in [3.05, 3.63) is 53.1 Å². The van der Waals surface area contributed by atoms with E-state index in [4.69, 9.17) is 22.1 Å². The van der Waals surface area contributed by atoms with E-state index in [1.807, 2.05) is 24.3 Å². The lowest BCUT2D eigenvalue weighted by molar-refractivity contribution is 0.256. The summed E-state index contributed by atoms with van der Waals surface area (Å²) in [6, 6.07) is 12.0. The van der Waals surface area contributed by atoms with Crippen molar-refractivity contribution < 1.29 is 13.2 Å². The van der Waals surface area contributed by atoms with Crippen molar-refractivity contribution in [2.45, 2.75) is 17.4 Å². The van der Waals surface area contributed by atoms with Gasteiger partial charge in [0, 0.05) is 11.4 Å². The lowest BCUT2D eigenvalue weighted by Crippen LogP contribution is -2.25. The molecule has 0 amide bonds. The zero-order valence-corrected chi connectivity index (χ0v) is 12.7. The number of sulfone groups is 1. The molecule has 2 aromatic rings. The first kappa shape index (κ1) is 14.2. The Kier molecular flexibility index (Phi) is 3.55. The number of fused-ring (bicyclic) bond motifs is 1. The molecule has 0 aromatic heterocycles. The van der Waals surface area contributed by atoms with Gasteiger partial charge in [-0.2, -0.15) is 0 Å². The summed E-state index contributed by atoms with van der Waals surface area (Å²) in [6.07, 6.45) is 0.200. The Morgan fingerprint density at radius 3 is 2.71 bits per heavy atom. The van der Waals surface area contributed by atoms with Crippen LogP contribution >= 0.6 is 11.6 Å². The zero-order valence-electron chi connectivity index (χ0n) is 11.1. The number of nitrogen functional groups attached to an aromatic ring is 1. The second kappa shape index (κ2) is 5.24. The van der Waals surface area contributed by atoms with Crippen LogP contribution in [-0.2, 0) is 16.3 Å². The molecule has 3 rings (SSSR count). The Balaban J connectivity index is 1.82. The van der Waals surface area contributed by atoms with Crippen LogP contribution in [0.15, 0.2) is 47.4 Å². The predicted molar refractivity (Wildman–Crippen MR) is 82.5 cm³/mol. The molecule has 1 atom stereocenters. The van der Waals surface area contributed by atoms with Gasteiger partial charge in [0.2, 0.25) is 0 Å². The molecule has 2 aromatic carbocycles. The molecule has 0 spiro atoms. The molecule has 1 aliphatic heterocycles. The maximum atomic E-state index is 12.5. The molecular weight excluding hydrogens is 310 g/mol. The second-order valence-corrected chi connectivity index (χ2v) is 7.45. The first-order chi connectivity index (χ1) is 9.95. The summed E-state index contributed by atoms with van der Waals surface area (Å²) in [6.45, 7) is 0. The van der Waals surface area contributed by atoms with Crippen LogP contribution in [0.3, 0.4) is 0 Å². The average Bonchev–Trinajstić information content (AvgIpc) is 2.79. The molecule has 0 fully saturated rings. The third kappa shape index (κ3) is 2.84. The highest BCUT2D eigenvalue weighted by molar-refractivity contribution is 7.91. The fourth-order valence-corrected chi connectivity index (χ4v) is 4.21. The first-order valence-electron chi connectivity index (χ1n) is 6.48. The summed E-state index contributed by atoms with van der Waals surface area (Å²) in [5, 5.41) is 0.413. The molecular formula is C15H14ClNO3S. The molecule has 0 radical (unpaired) electrons. The van der Waals surface area contributed by atoms with Crippen molar-refractivity contribution in [3.63, 3.8) is 0 Å². The summed E-state index contributed by atoms with van der Waals surface area (Å²) in [7, 11) is -3.52. The van der Waals surface area contributed by atoms with Gasteiger partial charge in [-0.25, -0.2) is 8.42 Å². The third-order valence-electron chi connectivity index (χ3n) is 3.43. The minimum atomic E-state index is -3.52. The molecule has 1 aliphatic rings. The van der Waals surface area contributed by atoms with Gasteiger partial charge in [0.05, 0.1) is 16.3 Å². The summed E-state index contributed by atoms with van der Waals surface area (Å²) >= 11 is 5.80. The summed E-state index contributed by atoms with van der Waals surface area (Å²) in [5.41, 5.74) is 6.96. The standard InChI is InChI=1S/C15H14ClNO3S/c16-11-5-6-15(13(17)8-11)21(18,19)9-12-7-10-3-1-2-4-14(10)20-12/h1-6,8,12H,7,9,17H2. The number of anilines is 1. The largest absolute Gasteiger partial charge is 0.489 e. The highest BCUT2D eigenvalue weighted by Crippen LogP contribution is 2.31. The van der Waals surface area contributed by atoms with Crippen LogP contribution in [0.2, 0.25) is 5.02 Å². The Morgan fingerprint density at radius 1 is 1.24 bits per heavy atom. The van der Waals surface area contributed by atoms with E-state index in [1.54, 1.807) is 0 Å². The molecule has 2 N–H and O–H groups in total. The Hall–Kier alpha value is -1.72. The summed E-state index contributed by atoms with van der Waals surface area (Å²) in [5.74, 6) is 0.648. The molecule has 110 valence electrons. The van der Waals surface area contributed by atoms with Gasteiger partial charge >= 0.3 is 0 Å². The summed E-state index contributed by atoms with van der Waals surface area (Å²) in [4.78, 5) is 0.103. The van der Waals surface area contributed by atoms with Crippen LogP contribution in [0.5, 0.6) is 5.75 Å². The second-order valence-electron chi connectivity index (χ2n) is 5.02. The van der Waals surface area contributed by atoms with E-state index in [0.29, 0.717) is 11.4 Å². The molecule has 4 nitrogen and oxygen atoms in total. The van der Waals surface area contributed by atoms with E-state index >= 15 is 0 Å². The van der Waals surface area contributed by atoms with Crippen molar-refractivity contribution in [3.8, 4) is 5.75 Å². The maximum Gasteiger partial charge on any atom is 0.184 e. The van der Waals surface area contributed by atoms with Crippen LogP contribution in [-0.4, -0.2) is 20.3 Å². The van der Waals surface area contributed by atoms with Gasteiger partial charge in [-0.15, -0.1) is 0 Å². The molecule has 0 saturated heterocycles. The van der Waals surface area contributed by atoms with Crippen molar-refractivity contribution in [2.24, 2.45) is 0 Å². The predicted octanol–water partition coefficient (Wildman–Crippen LogP) is 2.70. The zero-order chi connectivity index (χ0) is 15.0. The Labute approximate surface area is 128 Å². The normalized spacial score (nSPS) is 17.3. The SMILES string of the molecule is Nc1cc(Cl)ccc1S(=O)(=O)CC1Cc2ccccc2O1. The lowest BCUT2D eigenvalue weighted by Gasteiger charge is -2.13. The maximum absolute atomic E-state index is 12.5. The molecule has 6 heteroatoms. The Bertz CT molecular complexity index is 764. The number of nitrogens with two attached hydrogens (primary N) is 1. The van der Waals surface area contributed by atoms with Gasteiger partial charge in [-0.1, -0.05) is 29.8 Å². The van der Waals surface area contributed by atoms with Gasteiger partial charge in [0.25, 0.3) is 0 Å². The molecule has 0 aliphatic carbocycles. The minimum Gasteiger partial charge on any atom is -0.489 e. The van der Waals surface area contributed by atoms with Crippen molar-refractivity contribution in [2.75, 3.05) is 11.5 Å². The summed E-state index contributed by atoms with van der Waals surface area (Å²) < 4.78 is 30.6. The average molecular weight is 324 g/mol. The number of hydrogen-bond acceptors (Lipinski definition) is 4. The molecule has 1 heterocycles. The van der Waals surface area contributed by atoms with E-state index in [2.05, 4.69) is 0 Å². The third-order valence-corrected chi connectivity index (χ3v) is 5.51. The number of benzene rings is 2. The molecule has 1 unspecified atom stereocenters. The van der Waals surface area contributed by atoms with Crippen LogP contribution in [0.4, 0.5) is 5.69 Å². The highest BCUT2D eigenvalue weighted by Gasteiger charge is 2.29. The van der Waals surface area contributed by atoms with Crippen LogP contribution in [0.1, 0.15) is 5.56 Å². The van der Waals surface area contributed by atoms with Gasteiger partial charge in [0.15, 0.2) is 9.84 Å². The van der Waals surface area contributed by atoms with Crippen molar-refractivity contribution in [1.82, 2.24) is 0 Å². The van der Waals surface area contributed by atoms with Crippen molar-refractivity contribution in [1.29, 1.82) is 0 Å². The van der Waals surface area contributed by atoms with Gasteiger partial charge in [-0.05, 0) is 29.8 Å². The van der Waals surface area contributed by atoms with E-state index in [0.717, 1.165) is 11.3 Å². The number of halogens is 1. The number of para-hydroxylation sites is 1. The highest BCUT2D eigenvalue weighted by atomic mass is 35.5. The fourth-order valence-electron chi connectivity index (χ4n) is 2.48. The molecule has 0 saturated carbocycles. The van der Waals surface area contributed by atoms with Crippen LogP contribution in [0, 0.1) is 0 Å². The minimum absolute atomic E-state index is 0.103. The van der Waals surface area contributed by atoms with E-state index in [-0.39, 0.29) is 22.4 Å². The number of ether oxygens (including phenoxy) is 1. The first-order valence-corrected chi connectivity index (χ1v) is 8.51. The topological polar surface area (TPSA) is 69.4 Å². The van der Waals surface area contributed by atoms with Crippen LogP contribution in [0.25, 0.3) is 0 Å².